The molecule has 0 spiro atoms. The van der Waals surface area contributed by atoms with Crippen molar-refractivity contribution in [2.75, 3.05) is 0 Å². The lowest BCUT2D eigenvalue weighted by Crippen LogP contribution is -2.46. The molecular formula is C14H10F3NO5S. The highest BCUT2D eigenvalue weighted by Crippen LogP contribution is 2.33. The van der Waals surface area contributed by atoms with E-state index in [2.05, 4.69) is 4.18 Å². The van der Waals surface area contributed by atoms with Gasteiger partial charge >= 0.3 is 15.6 Å². The van der Waals surface area contributed by atoms with Crippen LogP contribution < -0.4 is 0 Å². The zero-order valence-corrected chi connectivity index (χ0v) is 12.7. The second-order valence-electron chi connectivity index (χ2n) is 5.21. The van der Waals surface area contributed by atoms with E-state index in [1.165, 1.54) is 24.3 Å². The Hall–Kier alpha value is -2.20. The first-order valence-electron chi connectivity index (χ1n) is 6.76. The van der Waals surface area contributed by atoms with Gasteiger partial charge in [-0.15, -0.1) is 0 Å². The minimum atomic E-state index is -5.84. The number of benzene rings is 1. The minimum Gasteiger partial charge on any atom is -0.269 e. The summed E-state index contributed by atoms with van der Waals surface area (Å²) in [6.45, 7) is 0. The molecule has 1 aromatic rings. The number of imide groups is 1. The van der Waals surface area contributed by atoms with Crippen LogP contribution in [0.25, 0.3) is 0 Å². The number of alkyl halides is 3. The van der Waals surface area contributed by atoms with Crippen LogP contribution in [-0.4, -0.2) is 42.8 Å². The standard InChI is InChI=1S/C14H10F3NO5S/c15-14(16,17)24(21,22)23-11-7-3-6-10(11)18-12(19)8-4-1-2-5-9(8)13(18)20/h1-6,10-11H,7H2. The average molecular weight is 361 g/mol. The topological polar surface area (TPSA) is 80.8 Å². The van der Waals surface area contributed by atoms with Crippen molar-refractivity contribution in [3.8, 4) is 0 Å². The molecule has 0 radical (unpaired) electrons. The van der Waals surface area contributed by atoms with E-state index in [9.17, 15) is 31.2 Å². The quantitative estimate of drug-likeness (QED) is 0.355. The third-order valence-corrected chi connectivity index (χ3v) is 4.81. The van der Waals surface area contributed by atoms with Crippen molar-refractivity contribution in [2.24, 2.45) is 0 Å². The van der Waals surface area contributed by atoms with Crippen LogP contribution in [0.3, 0.4) is 0 Å². The van der Waals surface area contributed by atoms with Crippen LogP contribution in [0.2, 0.25) is 0 Å². The molecule has 6 nitrogen and oxygen atoms in total. The van der Waals surface area contributed by atoms with E-state index in [4.69, 9.17) is 0 Å². The molecule has 1 aromatic carbocycles. The summed E-state index contributed by atoms with van der Waals surface area (Å²) in [5.41, 5.74) is -5.36. The summed E-state index contributed by atoms with van der Waals surface area (Å²) >= 11 is 0. The second-order valence-corrected chi connectivity index (χ2v) is 6.78. The molecule has 10 heteroatoms. The SMILES string of the molecule is O=C1c2ccccc2C(=O)N1C1C=CCC1OS(=O)(=O)C(F)(F)F. The second kappa shape index (κ2) is 5.42. The molecule has 1 aliphatic heterocycles. The first-order chi connectivity index (χ1) is 11.1. The third-order valence-electron chi connectivity index (χ3n) is 3.74. The maximum Gasteiger partial charge on any atom is 0.523 e. The Bertz CT molecular complexity index is 811. The summed E-state index contributed by atoms with van der Waals surface area (Å²) in [5, 5.41) is 0. The van der Waals surface area contributed by atoms with Crippen molar-refractivity contribution in [3.05, 3.63) is 47.5 Å². The molecule has 0 saturated heterocycles. The van der Waals surface area contributed by atoms with Crippen molar-refractivity contribution in [1.29, 1.82) is 0 Å². The fraction of sp³-hybridized carbons (Fsp3) is 0.286. The smallest absolute Gasteiger partial charge is 0.269 e. The van der Waals surface area contributed by atoms with Crippen molar-refractivity contribution in [3.63, 3.8) is 0 Å². The highest BCUT2D eigenvalue weighted by atomic mass is 32.2. The highest BCUT2D eigenvalue weighted by Gasteiger charge is 2.51. The van der Waals surface area contributed by atoms with Gasteiger partial charge in [0, 0.05) is 0 Å². The molecule has 1 heterocycles. The van der Waals surface area contributed by atoms with Gasteiger partial charge in [-0.3, -0.25) is 18.7 Å². The Balaban J connectivity index is 1.89. The number of hydrogen-bond acceptors (Lipinski definition) is 5. The summed E-state index contributed by atoms with van der Waals surface area (Å²) in [7, 11) is -5.84. The average Bonchev–Trinajstić information content (AvgIpc) is 3.02. The van der Waals surface area contributed by atoms with Gasteiger partial charge in [0.2, 0.25) is 0 Å². The number of rotatable bonds is 3. The van der Waals surface area contributed by atoms with Crippen LogP contribution in [0.5, 0.6) is 0 Å². The minimum absolute atomic E-state index is 0.111. The largest absolute Gasteiger partial charge is 0.523 e. The number of carbonyl (C=O) groups excluding carboxylic acids is 2. The number of halogens is 3. The van der Waals surface area contributed by atoms with E-state index >= 15 is 0 Å². The number of hydrogen-bond donors (Lipinski definition) is 0. The molecule has 128 valence electrons. The lowest BCUT2D eigenvalue weighted by atomic mass is 10.1. The molecular weight excluding hydrogens is 351 g/mol. The van der Waals surface area contributed by atoms with Gasteiger partial charge in [0.05, 0.1) is 17.2 Å². The molecule has 1 aliphatic carbocycles. The molecule has 24 heavy (non-hydrogen) atoms. The molecule has 3 rings (SSSR count). The summed E-state index contributed by atoms with van der Waals surface area (Å²) in [4.78, 5) is 25.4. The van der Waals surface area contributed by atoms with Crippen LogP contribution >= 0.6 is 0 Å². The number of amides is 2. The van der Waals surface area contributed by atoms with E-state index < -0.39 is 39.6 Å². The highest BCUT2D eigenvalue weighted by molar-refractivity contribution is 7.87. The Kier molecular flexibility index (Phi) is 3.76. The van der Waals surface area contributed by atoms with E-state index in [1.54, 1.807) is 12.1 Å². The Morgan fingerprint density at radius 3 is 2.12 bits per heavy atom. The van der Waals surface area contributed by atoms with Crippen LogP contribution in [0, 0.1) is 0 Å². The molecule has 2 aliphatic rings. The number of carbonyl (C=O) groups is 2. The van der Waals surface area contributed by atoms with E-state index in [1.807, 2.05) is 0 Å². The van der Waals surface area contributed by atoms with Gasteiger partial charge in [-0.05, 0) is 18.6 Å². The van der Waals surface area contributed by atoms with Gasteiger partial charge in [-0.1, -0.05) is 24.3 Å². The van der Waals surface area contributed by atoms with Gasteiger partial charge < -0.3 is 0 Å². The monoisotopic (exact) mass is 361 g/mol. The van der Waals surface area contributed by atoms with Crippen LogP contribution in [0.4, 0.5) is 13.2 Å². The molecule has 0 bridgehead atoms. The summed E-state index contributed by atoms with van der Waals surface area (Å²) in [6, 6.07) is 4.68. The summed E-state index contributed by atoms with van der Waals surface area (Å²) in [6.07, 6.45) is 0.968. The van der Waals surface area contributed by atoms with Gasteiger partial charge in [0.1, 0.15) is 6.10 Å². The molecule has 0 fully saturated rings. The van der Waals surface area contributed by atoms with Gasteiger partial charge in [0.15, 0.2) is 0 Å². The molecule has 0 aromatic heterocycles. The summed E-state index contributed by atoms with van der Waals surface area (Å²) in [5.74, 6) is -1.41. The maximum atomic E-state index is 12.5. The first kappa shape index (κ1) is 16.7. The molecule has 0 saturated carbocycles. The van der Waals surface area contributed by atoms with E-state index in [-0.39, 0.29) is 17.5 Å². The lowest BCUT2D eigenvalue weighted by Gasteiger charge is -2.27. The van der Waals surface area contributed by atoms with Gasteiger partial charge in [-0.2, -0.15) is 21.6 Å². The first-order valence-corrected chi connectivity index (χ1v) is 8.17. The number of fused-ring (bicyclic) bond motifs is 1. The predicted octanol–water partition coefficient (Wildman–Crippen LogP) is 1.85. The third kappa shape index (κ3) is 2.51. The van der Waals surface area contributed by atoms with Crippen molar-refractivity contribution >= 4 is 21.9 Å². The molecule has 2 atom stereocenters. The maximum absolute atomic E-state index is 12.5. The zero-order valence-electron chi connectivity index (χ0n) is 11.9. The van der Waals surface area contributed by atoms with E-state index in [0.29, 0.717) is 0 Å². The van der Waals surface area contributed by atoms with Crippen LogP contribution in [0.1, 0.15) is 27.1 Å². The van der Waals surface area contributed by atoms with E-state index in [0.717, 1.165) is 4.90 Å². The zero-order chi connectivity index (χ0) is 17.7. The normalized spacial score (nSPS) is 23.9. The molecule has 2 unspecified atom stereocenters. The molecule has 2 amide bonds. The van der Waals surface area contributed by atoms with Gasteiger partial charge in [-0.25, -0.2) is 0 Å². The fourth-order valence-corrected chi connectivity index (χ4v) is 3.29. The summed E-state index contributed by atoms with van der Waals surface area (Å²) < 4.78 is 64.0. The van der Waals surface area contributed by atoms with Crippen molar-refractivity contribution in [1.82, 2.24) is 4.90 Å². The Morgan fingerprint density at radius 1 is 1.08 bits per heavy atom. The van der Waals surface area contributed by atoms with Gasteiger partial charge in [0.25, 0.3) is 11.8 Å². The fourth-order valence-electron chi connectivity index (χ4n) is 2.66. The van der Waals surface area contributed by atoms with Crippen LogP contribution in [0.15, 0.2) is 36.4 Å². The lowest BCUT2D eigenvalue weighted by molar-refractivity contribution is -0.0584. The predicted molar refractivity (Wildman–Crippen MR) is 74.3 cm³/mol. The molecule has 0 N–H and O–H groups in total. The Morgan fingerprint density at radius 2 is 1.62 bits per heavy atom. The Labute approximate surface area is 134 Å². The van der Waals surface area contributed by atoms with Crippen molar-refractivity contribution in [2.45, 2.75) is 24.1 Å². The number of nitrogens with zero attached hydrogens (tertiary/aromatic N) is 1. The van der Waals surface area contributed by atoms with Crippen LogP contribution in [-0.2, 0) is 14.3 Å². The van der Waals surface area contributed by atoms with Crippen molar-refractivity contribution < 1.29 is 35.4 Å².